The van der Waals surface area contributed by atoms with Gasteiger partial charge in [-0.05, 0) is 36.8 Å². The number of aromatic hydroxyl groups is 1. The Morgan fingerprint density at radius 2 is 1.91 bits per heavy atom. The third kappa shape index (κ3) is 3.76. The molecule has 0 aliphatic heterocycles. The zero-order valence-corrected chi connectivity index (χ0v) is 11.9. The van der Waals surface area contributed by atoms with Gasteiger partial charge in [0.1, 0.15) is 11.5 Å². The third-order valence-electron chi connectivity index (χ3n) is 2.96. The molecule has 0 aliphatic carbocycles. The Balaban J connectivity index is 2.04. The lowest BCUT2D eigenvalue weighted by Crippen LogP contribution is -2.21. The Labute approximate surface area is 127 Å². The van der Waals surface area contributed by atoms with Crippen molar-refractivity contribution in [3.05, 3.63) is 53.6 Å². The molecule has 0 atom stereocenters. The van der Waals surface area contributed by atoms with E-state index in [0.717, 1.165) is 11.6 Å². The molecule has 0 radical (unpaired) electrons. The maximum absolute atomic E-state index is 11.9. The van der Waals surface area contributed by atoms with Crippen LogP contribution in [0.4, 0.5) is 5.69 Å². The number of carbonyl (C=O) groups is 2. The SMILES string of the molecule is Cc1ccccc1OCC(=O)Nc1ccc(O)cc1C(=O)O. The molecule has 0 heterocycles. The molecule has 0 fully saturated rings. The van der Waals surface area contributed by atoms with Crippen LogP contribution < -0.4 is 10.1 Å². The monoisotopic (exact) mass is 301 g/mol. The van der Waals surface area contributed by atoms with Gasteiger partial charge in [0, 0.05) is 0 Å². The molecule has 0 aromatic heterocycles. The van der Waals surface area contributed by atoms with Gasteiger partial charge in [-0.2, -0.15) is 0 Å². The van der Waals surface area contributed by atoms with Crippen molar-refractivity contribution in [3.63, 3.8) is 0 Å². The molecule has 3 N–H and O–H groups in total. The molecule has 0 saturated heterocycles. The predicted molar refractivity (Wildman–Crippen MR) is 80.4 cm³/mol. The van der Waals surface area contributed by atoms with Gasteiger partial charge in [-0.15, -0.1) is 0 Å². The van der Waals surface area contributed by atoms with Gasteiger partial charge in [0.2, 0.25) is 0 Å². The first-order chi connectivity index (χ1) is 10.5. The number of para-hydroxylation sites is 1. The maximum atomic E-state index is 11.9. The second kappa shape index (κ2) is 6.62. The summed E-state index contributed by atoms with van der Waals surface area (Å²) in [4.78, 5) is 23.0. The van der Waals surface area contributed by atoms with Crippen LogP contribution >= 0.6 is 0 Å². The van der Waals surface area contributed by atoms with Crippen molar-refractivity contribution in [1.82, 2.24) is 0 Å². The maximum Gasteiger partial charge on any atom is 0.337 e. The lowest BCUT2D eigenvalue weighted by atomic mass is 10.1. The minimum atomic E-state index is -1.24. The van der Waals surface area contributed by atoms with Gasteiger partial charge in [-0.25, -0.2) is 4.79 Å². The van der Waals surface area contributed by atoms with E-state index in [2.05, 4.69) is 5.32 Å². The summed E-state index contributed by atoms with van der Waals surface area (Å²) in [7, 11) is 0. The summed E-state index contributed by atoms with van der Waals surface area (Å²) in [5.41, 5.74) is 0.805. The third-order valence-corrected chi connectivity index (χ3v) is 2.96. The number of rotatable bonds is 5. The standard InChI is InChI=1S/C16H15NO5/c1-10-4-2-3-5-14(10)22-9-15(19)17-13-7-6-11(18)8-12(13)16(20)21/h2-8,18H,9H2,1H3,(H,17,19)(H,20,21). The number of anilines is 1. The van der Waals surface area contributed by atoms with Crippen LogP contribution in [0.1, 0.15) is 15.9 Å². The van der Waals surface area contributed by atoms with E-state index in [0.29, 0.717) is 5.75 Å². The number of aromatic carboxylic acids is 1. The fourth-order valence-corrected chi connectivity index (χ4v) is 1.87. The number of carboxylic acid groups (broad SMARTS) is 1. The molecule has 0 spiro atoms. The zero-order valence-electron chi connectivity index (χ0n) is 11.9. The summed E-state index contributed by atoms with van der Waals surface area (Å²) in [6.45, 7) is 1.61. The highest BCUT2D eigenvalue weighted by Gasteiger charge is 2.14. The number of phenolic OH excluding ortho intramolecular Hbond substituents is 1. The van der Waals surface area contributed by atoms with Gasteiger partial charge >= 0.3 is 5.97 Å². The van der Waals surface area contributed by atoms with E-state index >= 15 is 0 Å². The van der Waals surface area contributed by atoms with Crippen molar-refractivity contribution in [1.29, 1.82) is 0 Å². The number of benzene rings is 2. The number of ether oxygens (including phenoxy) is 1. The predicted octanol–water partition coefficient (Wildman–Crippen LogP) is 2.42. The number of phenols is 1. The van der Waals surface area contributed by atoms with Crippen LogP contribution in [0, 0.1) is 6.92 Å². The summed E-state index contributed by atoms with van der Waals surface area (Å²) in [6.07, 6.45) is 0. The Bertz CT molecular complexity index is 711. The van der Waals surface area contributed by atoms with Gasteiger partial charge < -0.3 is 20.3 Å². The second-order valence-corrected chi connectivity index (χ2v) is 4.64. The molecule has 2 rings (SSSR count). The molecule has 0 aliphatic rings. The molecule has 114 valence electrons. The van der Waals surface area contributed by atoms with E-state index in [-0.39, 0.29) is 23.6 Å². The first kappa shape index (κ1) is 15.4. The van der Waals surface area contributed by atoms with Gasteiger partial charge in [0.15, 0.2) is 6.61 Å². The van der Waals surface area contributed by atoms with Crippen molar-refractivity contribution in [3.8, 4) is 11.5 Å². The molecule has 22 heavy (non-hydrogen) atoms. The molecule has 0 bridgehead atoms. The lowest BCUT2D eigenvalue weighted by Gasteiger charge is -2.11. The van der Waals surface area contributed by atoms with Crippen molar-refractivity contribution in [2.45, 2.75) is 6.92 Å². The smallest absolute Gasteiger partial charge is 0.337 e. The lowest BCUT2D eigenvalue weighted by molar-refractivity contribution is -0.118. The fourth-order valence-electron chi connectivity index (χ4n) is 1.87. The molecule has 2 aromatic rings. The highest BCUT2D eigenvalue weighted by molar-refractivity contribution is 6.01. The summed E-state index contributed by atoms with van der Waals surface area (Å²) in [5, 5.41) is 20.8. The molecule has 6 nitrogen and oxygen atoms in total. The van der Waals surface area contributed by atoms with Crippen molar-refractivity contribution in [2.24, 2.45) is 0 Å². The van der Waals surface area contributed by atoms with Crippen LogP contribution in [0.15, 0.2) is 42.5 Å². The molecular weight excluding hydrogens is 286 g/mol. The van der Waals surface area contributed by atoms with Crippen LogP contribution in [-0.2, 0) is 4.79 Å². The van der Waals surface area contributed by atoms with E-state index < -0.39 is 11.9 Å². The van der Waals surface area contributed by atoms with E-state index in [1.807, 2.05) is 19.1 Å². The average molecular weight is 301 g/mol. The van der Waals surface area contributed by atoms with Crippen molar-refractivity contribution in [2.75, 3.05) is 11.9 Å². The van der Waals surface area contributed by atoms with E-state index in [1.54, 1.807) is 12.1 Å². The number of hydrogen-bond acceptors (Lipinski definition) is 4. The zero-order chi connectivity index (χ0) is 16.1. The Morgan fingerprint density at radius 1 is 1.18 bits per heavy atom. The molecule has 2 aromatic carbocycles. The summed E-state index contributed by atoms with van der Waals surface area (Å²) < 4.78 is 5.39. The van der Waals surface area contributed by atoms with Gasteiger partial charge in [0.05, 0.1) is 11.3 Å². The van der Waals surface area contributed by atoms with Gasteiger partial charge in [-0.3, -0.25) is 4.79 Å². The molecule has 6 heteroatoms. The van der Waals surface area contributed by atoms with Crippen LogP contribution in [0.2, 0.25) is 0 Å². The van der Waals surface area contributed by atoms with Crippen LogP contribution in [0.25, 0.3) is 0 Å². The molecule has 1 amide bonds. The van der Waals surface area contributed by atoms with Crippen LogP contribution in [-0.4, -0.2) is 28.7 Å². The van der Waals surface area contributed by atoms with Crippen molar-refractivity contribution >= 4 is 17.6 Å². The number of aryl methyl sites for hydroxylation is 1. The number of carboxylic acids is 1. The van der Waals surface area contributed by atoms with Crippen LogP contribution in [0.3, 0.4) is 0 Å². The largest absolute Gasteiger partial charge is 0.508 e. The Morgan fingerprint density at radius 3 is 2.59 bits per heavy atom. The summed E-state index contributed by atoms with van der Waals surface area (Å²) in [5.74, 6) is -1.34. The quantitative estimate of drug-likeness (QED) is 0.737. The van der Waals surface area contributed by atoms with E-state index in [4.69, 9.17) is 9.84 Å². The van der Waals surface area contributed by atoms with E-state index in [9.17, 15) is 14.7 Å². The summed E-state index contributed by atoms with van der Waals surface area (Å²) >= 11 is 0. The molecular formula is C16H15NO5. The highest BCUT2D eigenvalue weighted by atomic mass is 16.5. The summed E-state index contributed by atoms with van der Waals surface area (Å²) in [6, 6.07) is 10.9. The first-order valence-electron chi connectivity index (χ1n) is 6.52. The van der Waals surface area contributed by atoms with E-state index in [1.165, 1.54) is 12.1 Å². The van der Waals surface area contributed by atoms with Gasteiger partial charge in [0.25, 0.3) is 5.91 Å². The first-order valence-corrected chi connectivity index (χ1v) is 6.52. The molecule has 0 unspecified atom stereocenters. The topological polar surface area (TPSA) is 95.9 Å². The number of nitrogens with one attached hydrogen (secondary N) is 1. The highest BCUT2D eigenvalue weighted by Crippen LogP contribution is 2.21. The van der Waals surface area contributed by atoms with Crippen LogP contribution in [0.5, 0.6) is 11.5 Å². The molecule has 0 saturated carbocycles. The minimum Gasteiger partial charge on any atom is -0.508 e. The number of hydrogen-bond donors (Lipinski definition) is 3. The van der Waals surface area contributed by atoms with Crippen molar-refractivity contribution < 1.29 is 24.5 Å². The average Bonchev–Trinajstić information content (AvgIpc) is 2.48. The number of amides is 1. The van der Waals surface area contributed by atoms with Gasteiger partial charge in [-0.1, -0.05) is 18.2 Å². The Kier molecular flexibility index (Phi) is 4.63. The second-order valence-electron chi connectivity index (χ2n) is 4.64. The Hall–Kier alpha value is -3.02. The fraction of sp³-hybridized carbons (Fsp3) is 0.125. The minimum absolute atomic E-state index is 0.101. The number of carbonyl (C=O) groups excluding carboxylic acids is 1. The normalized spacial score (nSPS) is 10.0.